The highest BCUT2D eigenvalue weighted by molar-refractivity contribution is 7.89. The number of rotatable bonds is 4. The Morgan fingerprint density at radius 3 is 2.18 bits per heavy atom. The van der Waals surface area contributed by atoms with Crippen molar-refractivity contribution in [1.82, 2.24) is 4.72 Å². The lowest BCUT2D eigenvalue weighted by Gasteiger charge is -2.08. The maximum atomic E-state index is 11.5. The summed E-state index contributed by atoms with van der Waals surface area (Å²) in [6.45, 7) is 3.50. The maximum Gasteiger partial charge on any atom is 0.338 e. The van der Waals surface area contributed by atoms with Crippen molar-refractivity contribution >= 4 is 16.0 Å². The fraction of sp³-hybridized carbons (Fsp3) is 0.364. The smallest absolute Gasteiger partial charge is 0.338 e. The third-order valence-electron chi connectivity index (χ3n) is 2.01. The van der Waals surface area contributed by atoms with Gasteiger partial charge in [0.1, 0.15) is 0 Å². The zero-order valence-electron chi connectivity index (χ0n) is 9.93. The third-order valence-corrected chi connectivity index (χ3v) is 3.44. The number of ether oxygens (including phenoxy) is 1. The molecule has 6 heteroatoms. The van der Waals surface area contributed by atoms with E-state index >= 15 is 0 Å². The van der Waals surface area contributed by atoms with Crippen LogP contribution in [-0.4, -0.2) is 27.5 Å². The molecule has 1 aromatic rings. The van der Waals surface area contributed by atoms with E-state index in [1.54, 1.807) is 13.8 Å². The quantitative estimate of drug-likeness (QED) is 0.821. The average Bonchev–Trinajstić information content (AvgIpc) is 2.28. The molecule has 0 fully saturated rings. The molecule has 0 radical (unpaired) electrons. The molecule has 1 aromatic carbocycles. The fourth-order valence-corrected chi connectivity index (χ4v) is 1.90. The second-order valence-corrected chi connectivity index (χ2v) is 5.57. The van der Waals surface area contributed by atoms with Crippen molar-refractivity contribution in [1.29, 1.82) is 0 Å². The third kappa shape index (κ3) is 3.54. The molecular weight excluding hydrogens is 242 g/mol. The van der Waals surface area contributed by atoms with E-state index in [4.69, 9.17) is 4.74 Å². The van der Waals surface area contributed by atoms with Crippen LogP contribution in [0.5, 0.6) is 0 Å². The summed E-state index contributed by atoms with van der Waals surface area (Å²) in [5.74, 6) is -0.464. The largest absolute Gasteiger partial charge is 0.459 e. The molecule has 0 saturated carbocycles. The Morgan fingerprint density at radius 1 is 1.24 bits per heavy atom. The van der Waals surface area contributed by atoms with E-state index in [1.807, 2.05) is 0 Å². The van der Waals surface area contributed by atoms with Crippen LogP contribution in [0.4, 0.5) is 0 Å². The Morgan fingerprint density at radius 2 is 1.76 bits per heavy atom. The topological polar surface area (TPSA) is 72.5 Å². The molecule has 0 heterocycles. The summed E-state index contributed by atoms with van der Waals surface area (Å²) >= 11 is 0. The van der Waals surface area contributed by atoms with Crippen LogP contribution in [0.25, 0.3) is 0 Å². The van der Waals surface area contributed by atoms with E-state index in [0.717, 1.165) is 0 Å². The van der Waals surface area contributed by atoms with Crippen LogP contribution in [0.2, 0.25) is 0 Å². The van der Waals surface area contributed by atoms with E-state index in [0.29, 0.717) is 5.56 Å². The molecule has 0 aliphatic carbocycles. The molecule has 0 unspecified atom stereocenters. The number of carbonyl (C=O) groups excluding carboxylic acids is 1. The summed E-state index contributed by atoms with van der Waals surface area (Å²) in [6, 6.07) is 5.58. The molecule has 1 rings (SSSR count). The van der Waals surface area contributed by atoms with E-state index < -0.39 is 16.0 Å². The highest BCUT2D eigenvalue weighted by Gasteiger charge is 2.13. The van der Waals surface area contributed by atoms with Gasteiger partial charge in [-0.05, 0) is 45.2 Å². The van der Waals surface area contributed by atoms with Gasteiger partial charge in [0.2, 0.25) is 10.0 Å². The van der Waals surface area contributed by atoms with Crippen LogP contribution in [0.15, 0.2) is 29.2 Å². The number of sulfonamides is 1. The molecule has 94 valence electrons. The van der Waals surface area contributed by atoms with Gasteiger partial charge < -0.3 is 4.74 Å². The molecule has 0 atom stereocenters. The Bertz CT molecular complexity index is 491. The lowest BCUT2D eigenvalue weighted by Crippen LogP contribution is -2.18. The lowest BCUT2D eigenvalue weighted by atomic mass is 10.2. The van der Waals surface area contributed by atoms with Gasteiger partial charge in [0.15, 0.2) is 0 Å². The Balaban J connectivity index is 2.93. The minimum absolute atomic E-state index is 0.112. The van der Waals surface area contributed by atoms with Gasteiger partial charge >= 0.3 is 5.97 Å². The first-order chi connectivity index (χ1) is 7.86. The molecule has 17 heavy (non-hydrogen) atoms. The van der Waals surface area contributed by atoms with Gasteiger partial charge in [0.25, 0.3) is 0 Å². The van der Waals surface area contributed by atoms with Crippen molar-refractivity contribution in [2.24, 2.45) is 0 Å². The SMILES string of the molecule is CNS(=O)(=O)c1ccc(C(=O)OC(C)C)cc1. The number of benzene rings is 1. The summed E-state index contributed by atoms with van der Waals surface area (Å²) in [7, 11) is -2.14. The molecule has 1 N–H and O–H groups in total. The predicted molar refractivity (Wildman–Crippen MR) is 63.2 cm³/mol. The first-order valence-corrected chi connectivity index (χ1v) is 6.59. The summed E-state index contributed by atoms with van der Waals surface area (Å²) in [5, 5.41) is 0. The van der Waals surface area contributed by atoms with Crippen molar-refractivity contribution in [2.45, 2.75) is 24.8 Å². The Labute approximate surface area is 101 Å². The van der Waals surface area contributed by atoms with Crippen LogP contribution in [0, 0.1) is 0 Å². The van der Waals surface area contributed by atoms with E-state index in [-0.39, 0.29) is 11.0 Å². The summed E-state index contributed by atoms with van der Waals surface area (Å²) in [4.78, 5) is 11.6. The van der Waals surface area contributed by atoms with Gasteiger partial charge in [-0.1, -0.05) is 0 Å². The van der Waals surface area contributed by atoms with Crippen molar-refractivity contribution in [3.05, 3.63) is 29.8 Å². The first-order valence-electron chi connectivity index (χ1n) is 5.11. The van der Waals surface area contributed by atoms with Crippen molar-refractivity contribution in [3.63, 3.8) is 0 Å². The minimum atomic E-state index is -3.47. The summed E-state index contributed by atoms with van der Waals surface area (Å²) < 4.78 is 30.0. The number of carbonyl (C=O) groups is 1. The maximum absolute atomic E-state index is 11.5. The van der Waals surface area contributed by atoms with Crippen molar-refractivity contribution in [3.8, 4) is 0 Å². The highest BCUT2D eigenvalue weighted by Crippen LogP contribution is 2.11. The van der Waals surface area contributed by atoms with Gasteiger partial charge in [-0.3, -0.25) is 0 Å². The van der Waals surface area contributed by atoms with Gasteiger partial charge in [-0.15, -0.1) is 0 Å². The van der Waals surface area contributed by atoms with Crippen LogP contribution in [-0.2, 0) is 14.8 Å². The predicted octanol–water partition coefficient (Wildman–Crippen LogP) is 1.16. The van der Waals surface area contributed by atoms with Gasteiger partial charge in [-0.2, -0.15) is 0 Å². The van der Waals surface area contributed by atoms with Gasteiger partial charge in [0.05, 0.1) is 16.6 Å². The summed E-state index contributed by atoms with van der Waals surface area (Å²) in [5.41, 5.74) is 0.328. The van der Waals surface area contributed by atoms with E-state index in [1.165, 1.54) is 31.3 Å². The molecule has 0 spiro atoms. The van der Waals surface area contributed by atoms with Crippen LogP contribution in [0.1, 0.15) is 24.2 Å². The highest BCUT2D eigenvalue weighted by atomic mass is 32.2. The summed E-state index contributed by atoms with van der Waals surface area (Å²) in [6.07, 6.45) is -0.205. The Hall–Kier alpha value is -1.40. The molecule has 0 aromatic heterocycles. The molecule has 0 saturated heterocycles. The standard InChI is InChI=1S/C11H15NO4S/c1-8(2)16-11(13)9-4-6-10(7-5-9)17(14,15)12-3/h4-8,12H,1-3H3. The normalized spacial score (nSPS) is 11.5. The van der Waals surface area contributed by atoms with Gasteiger partial charge in [0, 0.05) is 0 Å². The van der Waals surface area contributed by atoms with Gasteiger partial charge in [-0.25, -0.2) is 17.9 Å². The number of esters is 1. The number of hydrogen-bond acceptors (Lipinski definition) is 4. The molecule has 0 amide bonds. The second kappa shape index (κ2) is 5.29. The molecule has 0 aliphatic rings. The fourth-order valence-electron chi connectivity index (χ4n) is 1.17. The molecule has 0 bridgehead atoms. The second-order valence-electron chi connectivity index (χ2n) is 3.69. The molecule has 5 nitrogen and oxygen atoms in total. The average molecular weight is 257 g/mol. The minimum Gasteiger partial charge on any atom is -0.459 e. The van der Waals surface area contributed by atoms with E-state index in [9.17, 15) is 13.2 Å². The van der Waals surface area contributed by atoms with Crippen molar-refractivity contribution < 1.29 is 17.9 Å². The molecular formula is C11H15NO4S. The van der Waals surface area contributed by atoms with Crippen LogP contribution < -0.4 is 4.72 Å². The number of hydrogen-bond donors (Lipinski definition) is 1. The monoisotopic (exact) mass is 257 g/mol. The first kappa shape index (κ1) is 13.7. The lowest BCUT2D eigenvalue weighted by molar-refractivity contribution is 0.0378. The zero-order chi connectivity index (χ0) is 13.1. The van der Waals surface area contributed by atoms with Crippen LogP contribution in [0.3, 0.4) is 0 Å². The molecule has 0 aliphatic heterocycles. The Kier molecular flexibility index (Phi) is 4.25. The van der Waals surface area contributed by atoms with Crippen molar-refractivity contribution in [2.75, 3.05) is 7.05 Å². The number of nitrogens with one attached hydrogen (secondary N) is 1. The van der Waals surface area contributed by atoms with Crippen LogP contribution >= 0.6 is 0 Å². The van der Waals surface area contributed by atoms with E-state index in [2.05, 4.69) is 4.72 Å². The zero-order valence-corrected chi connectivity index (χ0v) is 10.7.